The molecule has 0 aromatic carbocycles. The summed E-state index contributed by atoms with van der Waals surface area (Å²) in [5.41, 5.74) is 2.24. The molecule has 0 bridgehead atoms. The fraction of sp³-hybridized carbons (Fsp3) is 0.474. The van der Waals surface area contributed by atoms with Crippen molar-refractivity contribution in [3.63, 3.8) is 0 Å². The van der Waals surface area contributed by atoms with Gasteiger partial charge >= 0.3 is 0 Å². The van der Waals surface area contributed by atoms with Crippen molar-refractivity contribution >= 4 is 5.91 Å². The molecule has 1 fully saturated rings. The Morgan fingerprint density at radius 3 is 2.96 bits per heavy atom. The molecule has 1 aliphatic heterocycles. The average molecular weight is 325 g/mol. The van der Waals surface area contributed by atoms with E-state index >= 15 is 0 Å². The molecular formula is C19H23N3O2. The predicted molar refractivity (Wildman–Crippen MR) is 89.9 cm³/mol. The second-order valence-corrected chi connectivity index (χ2v) is 6.98. The van der Waals surface area contributed by atoms with Crippen LogP contribution in [0.4, 0.5) is 0 Å². The zero-order chi connectivity index (χ0) is 16.5. The summed E-state index contributed by atoms with van der Waals surface area (Å²) in [6.45, 7) is 4.80. The SMILES string of the molecule is CC1CC1C(=O)N1Cc2cccn2CC(OCc2cccnc2)C1. The maximum absolute atomic E-state index is 12.7. The molecule has 5 nitrogen and oxygen atoms in total. The minimum absolute atomic E-state index is 0.00291. The first-order chi connectivity index (χ1) is 11.7. The Morgan fingerprint density at radius 2 is 2.21 bits per heavy atom. The zero-order valence-electron chi connectivity index (χ0n) is 14.0. The largest absolute Gasteiger partial charge is 0.370 e. The normalized spacial score (nSPS) is 25.9. The highest BCUT2D eigenvalue weighted by Gasteiger charge is 2.42. The second-order valence-electron chi connectivity index (χ2n) is 6.98. The first-order valence-electron chi connectivity index (χ1n) is 8.64. The van der Waals surface area contributed by atoms with Crippen LogP contribution in [0.2, 0.25) is 0 Å². The number of aromatic nitrogens is 2. The monoisotopic (exact) mass is 325 g/mol. The van der Waals surface area contributed by atoms with E-state index in [1.807, 2.05) is 29.3 Å². The smallest absolute Gasteiger partial charge is 0.226 e. The fourth-order valence-corrected chi connectivity index (χ4v) is 3.43. The van der Waals surface area contributed by atoms with Crippen LogP contribution < -0.4 is 0 Å². The van der Waals surface area contributed by atoms with E-state index in [0.29, 0.717) is 25.6 Å². The van der Waals surface area contributed by atoms with E-state index in [4.69, 9.17) is 4.74 Å². The molecule has 24 heavy (non-hydrogen) atoms. The number of carbonyl (C=O) groups is 1. The summed E-state index contributed by atoms with van der Waals surface area (Å²) in [7, 11) is 0. The van der Waals surface area contributed by atoms with E-state index in [0.717, 1.165) is 18.5 Å². The van der Waals surface area contributed by atoms with Crippen LogP contribution in [-0.2, 0) is 29.2 Å². The van der Waals surface area contributed by atoms with Gasteiger partial charge in [0.05, 0.1) is 25.8 Å². The molecule has 4 rings (SSSR count). The van der Waals surface area contributed by atoms with Gasteiger partial charge in [-0.05, 0) is 36.1 Å². The summed E-state index contributed by atoms with van der Waals surface area (Å²) in [6.07, 6.45) is 6.68. The maximum atomic E-state index is 12.7. The lowest BCUT2D eigenvalue weighted by molar-refractivity contribution is -0.135. The number of ether oxygens (including phenoxy) is 1. The van der Waals surface area contributed by atoms with Gasteiger partial charge in [-0.3, -0.25) is 9.78 Å². The molecule has 0 radical (unpaired) electrons. The highest BCUT2D eigenvalue weighted by molar-refractivity contribution is 5.81. The van der Waals surface area contributed by atoms with Crippen molar-refractivity contribution in [2.24, 2.45) is 11.8 Å². The van der Waals surface area contributed by atoms with Crippen molar-refractivity contribution in [3.05, 3.63) is 54.1 Å². The molecule has 2 aromatic rings. The van der Waals surface area contributed by atoms with Crippen LogP contribution in [0.15, 0.2) is 42.9 Å². The van der Waals surface area contributed by atoms with Gasteiger partial charge in [0.2, 0.25) is 5.91 Å². The summed E-state index contributed by atoms with van der Waals surface area (Å²) in [5.74, 6) is 1.03. The Kier molecular flexibility index (Phi) is 4.10. The van der Waals surface area contributed by atoms with Crippen LogP contribution in [0.3, 0.4) is 0 Å². The molecule has 0 N–H and O–H groups in total. The van der Waals surface area contributed by atoms with E-state index in [-0.39, 0.29) is 17.9 Å². The van der Waals surface area contributed by atoms with Gasteiger partial charge < -0.3 is 14.2 Å². The molecule has 1 saturated carbocycles. The van der Waals surface area contributed by atoms with Crippen molar-refractivity contribution < 1.29 is 9.53 Å². The number of amides is 1. The lowest BCUT2D eigenvalue weighted by Gasteiger charge is -2.24. The van der Waals surface area contributed by atoms with E-state index < -0.39 is 0 Å². The first-order valence-corrected chi connectivity index (χ1v) is 8.64. The Labute approximate surface area is 142 Å². The summed E-state index contributed by atoms with van der Waals surface area (Å²) in [5, 5.41) is 0. The summed E-state index contributed by atoms with van der Waals surface area (Å²) in [4.78, 5) is 18.8. The number of rotatable bonds is 4. The predicted octanol–water partition coefficient (Wildman–Crippen LogP) is 2.47. The van der Waals surface area contributed by atoms with Crippen LogP contribution in [0.1, 0.15) is 24.6 Å². The molecule has 2 aliphatic rings. The standard InChI is InChI=1S/C19H23N3O2/c1-14-8-18(14)19(23)22-10-16-5-3-7-21(16)11-17(12-22)24-13-15-4-2-6-20-9-15/h2-7,9,14,17-18H,8,10-13H2,1H3. The minimum Gasteiger partial charge on any atom is -0.370 e. The van der Waals surface area contributed by atoms with Crippen molar-refractivity contribution in [1.29, 1.82) is 0 Å². The zero-order valence-corrected chi connectivity index (χ0v) is 14.0. The molecule has 5 heteroatoms. The molecule has 0 spiro atoms. The van der Waals surface area contributed by atoms with E-state index in [9.17, 15) is 4.79 Å². The van der Waals surface area contributed by atoms with Crippen molar-refractivity contribution in [1.82, 2.24) is 14.5 Å². The van der Waals surface area contributed by atoms with E-state index in [2.05, 4.69) is 28.7 Å². The maximum Gasteiger partial charge on any atom is 0.226 e. The van der Waals surface area contributed by atoms with Gasteiger partial charge in [0.1, 0.15) is 0 Å². The van der Waals surface area contributed by atoms with Crippen LogP contribution in [0, 0.1) is 11.8 Å². The van der Waals surface area contributed by atoms with Crippen LogP contribution in [0.25, 0.3) is 0 Å². The summed E-state index contributed by atoms with van der Waals surface area (Å²) < 4.78 is 8.33. The van der Waals surface area contributed by atoms with E-state index in [1.54, 1.807) is 6.20 Å². The van der Waals surface area contributed by atoms with Gasteiger partial charge in [0.15, 0.2) is 0 Å². The molecule has 1 aliphatic carbocycles. The molecule has 1 amide bonds. The second kappa shape index (κ2) is 6.40. The van der Waals surface area contributed by atoms with Gasteiger partial charge in [-0.2, -0.15) is 0 Å². The number of pyridine rings is 1. The first kappa shape index (κ1) is 15.4. The number of nitrogens with zero attached hydrogens (tertiary/aromatic N) is 3. The van der Waals surface area contributed by atoms with Crippen molar-refractivity contribution in [2.75, 3.05) is 6.54 Å². The van der Waals surface area contributed by atoms with Gasteiger partial charge in [-0.15, -0.1) is 0 Å². The van der Waals surface area contributed by atoms with Gasteiger partial charge in [-0.1, -0.05) is 13.0 Å². The number of fused-ring (bicyclic) bond motifs is 1. The van der Waals surface area contributed by atoms with Crippen molar-refractivity contribution in [2.45, 2.75) is 39.1 Å². The molecule has 3 heterocycles. The quantitative estimate of drug-likeness (QED) is 0.867. The topological polar surface area (TPSA) is 47.4 Å². The average Bonchev–Trinajstić information content (AvgIpc) is 3.23. The lowest BCUT2D eigenvalue weighted by Crippen LogP contribution is -2.38. The molecule has 0 saturated heterocycles. The van der Waals surface area contributed by atoms with Crippen LogP contribution >= 0.6 is 0 Å². The van der Waals surface area contributed by atoms with E-state index in [1.165, 1.54) is 5.69 Å². The van der Waals surface area contributed by atoms with Gasteiger partial charge in [-0.25, -0.2) is 0 Å². The minimum atomic E-state index is -0.00291. The van der Waals surface area contributed by atoms with Gasteiger partial charge in [0.25, 0.3) is 0 Å². The Balaban J connectivity index is 1.48. The van der Waals surface area contributed by atoms with Crippen LogP contribution in [0.5, 0.6) is 0 Å². The number of hydrogen-bond donors (Lipinski definition) is 0. The van der Waals surface area contributed by atoms with Crippen LogP contribution in [-0.4, -0.2) is 33.0 Å². The Bertz CT molecular complexity index is 712. The fourth-order valence-electron chi connectivity index (χ4n) is 3.43. The summed E-state index contributed by atoms with van der Waals surface area (Å²) in [6, 6.07) is 8.07. The number of carbonyl (C=O) groups excluding carboxylic acids is 1. The molecular weight excluding hydrogens is 302 g/mol. The molecule has 3 unspecified atom stereocenters. The molecule has 3 atom stereocenters. The number of hydrogen-bond acceptors (Lipinski definition) is 3. The third kappa shape index (κ3) is 3.22. The van der Waals surface area contributed by atoms with Gasteiger partial charge in [0, 0.05) is 36.7 Å². The summed E-state index contributed by atoms with van der Waals surface area (Å²) >= 11 is 0. The third-order valence-corrected chi connectivity index (χ3v) is 5.05. The third-order valence-electron chi connectivity index (χ3n) is 5.05. The highest BCUT2D eigenvalue weighted by Crippen LogP contribution is 2.39. The Morgan fingerprint density at radius 1 is 1.33 bits per heavy atom. The highest BCUT2D eigenvalue weighted by atomic mass is 16.5. The lowest BCUT2D eigenvalue weighted by atomic mass is 10.2. The molecule has 2 aromatic heterocycles. The Hall–Kier alpha value is -2.14. The van der Waals surface area contributed by atoms with Crippen molar-refractivity contribution in [3.8, 4) is 0 Å². The molecule has 126 valence electrons.